The van der Waals surface area contributed by atoms with E-state index in [1.807, 2.05) is 0 Å². The summed E-state index contributed by atoms with van der Waals surface area (Å²) in [5.41, 5.74) is 3.23. The van der Waals surface area contributed by atoms with Crippen molar-refractivity contribution < 1.29 is 9.84 Å². The van der Waals surface area contributed by atoms with Crippen molar-refractivity contribution in [3.8, 4) is 0 Å². The molecule has 116 valence electrons. The minimum atomic E-state index is -0.460. The van der Waals surface area contributed by atoms with Gasteiger partial charge in [0.25, 0.3) is 0 Å². The summed E-state index contributed by atoms with van der Waals surface area (Å²) in [4.78, 5) is 2.28. The van der Waals surface area contributed by atoms with Crippen LogP contribution < -0.4 is 4.90 Å². The third-order valence-corrected chi connectivity index (χ3v) is 5.10. The highest BCUT2D eigenvalue weighted by Crippen LogP contribution is 2.48. The molecule has 2 unspecified atom stereocenters. The Kier molecular flexibility index (Phi) is 3.34. The topological polar surface area (TPSA) is 32.7 Å². The molecule has 2 aliphatic rings. The van der Waals surface area contributed by atoms with E-state index in [0.29, 0.717) is 0 Å². The molecule has 1 fully saturated rings. The monoisotopic (exact) mass is 289 g/mol. The lowest BCUT2D eigenvalue weighted by atomic mass is 9.80. The van der Waals surface area contributed by atoms with Crippen LogP contribution >= 0.6 is 0 Å². The van der Waals surface area contributed by atoms with Gasteiger partial charge in [-0.15, -0.1) is 0 Å². The molecule has 3 rings (SSSR count). The van der Waals surface area contributed by atoms with Crippen molar-refractivity contribution in [2.45, 2.75) is 57.8 Å². The average Bonchev–Trinajstić information content (AvgIpc) is 2.85. The SMILES string of the molecule is CN1CCc2cc(C(O)C3CC(C)(C)OC3(C)C)ccc21. The van der Waals surface area contributed by atoms with E-state index < -0.39 is 6.10 Å². The number of hydrogen-bond acceptors (Lipinski definition) is 3. The summed E-state index contributed by atoms with van der Waals surface area (Å²) in [5, 5.41) is 10.9. The van der Waals surface area contributed by atoms with E-state index in [1.165, 1.54) is 11.3 Å². The molecule has 1 aromatic carbocycles. The zero-order valence-corrected chi connectivity index (χ0v) is 13.8. The first kappa shape index (κ1) is 14.9. The summed E-state index contributed by atoms with van der Waals surface area (Å²) < 4.78 is 6.13. The van der Waals surface area contributed by atoms with Crippen molar-refractivity contribution in [3.05, 3.63) is 29.3 Å². The maximum atomic E-state index is 10.9. The molecule has 0 aromatic heterocycles. The lowest BCUT2D eigenvalue weighted by Gasteiger charge is -2.30. The Bertz CT molecular complexity index is 550. The molecule has 0 bridgehead atoms. The fourth-order valence-electron chi connectivity index (χ4n) is 4.10. The second-order valence-electron chi connectivity index (χ2n) is 7.78. The Balaban J connectivity index is 1.88. The van der Waals surface area contributed by atoms with E-state index in [4.69, 9.17) is 4.74 Å². The quantitative estimate of drug-likeness (QED) is 0.906. The largest absolute Gasteiger partial charge is 0.388 e. The van der Waals surface area contributed by atoms with E-state index in [1.54, 1.807) is 0 Å². The summed E-state index contributed by atoms with van der Waals surface area (Å²) in [6, 6.07) is 6.41. The van der Waals surface area contributed by atoms with Crippen LogP contribution in [0.5, 0.6) is 0 Å². The first-order valence-electron chi connectivity index (χ1n) is 7.92. The third-order valence-electron chi connectivity index (χ3n) is 5.10. The number of benzene rings is 1. The fourth-order valence-corrected chi connectivity index (χ4v) is 4.10. The Morgan fingerprint density at radius 3 is 2.62 bits per heavy atom. The van der Waals surface area contributed by atoms with Crippen LogP contribution in [0.1, 0.15) is 51.3 Å². The summed E-state index contributed by atoms with van der Waals surface area (Å²) >= 11 is 0. The van der Waals surface area contributed by atoms with Gasteiger partial charge in [0, 0.05) is 25.2 Å². The lowest BCUT2D eigenvalue weighted by molar-refractivity contribution is -0.0880. The first-order valence-corrected chi connectivity index (χ1v) is 7.92. The maximum Gasteiger partial charge on any atom is 0.0846 e. The lowest BCUT2D eigenvalue weighted by Crippen LogP contribution is -2.32. The number of fused-ring (bicyclic) bond motifs is 1. The molecule has 0 radical (unpaired) electrons. The molecule has 0 aliphatic carbocycles. The number of aliphatic hydroxyl groups excluding tert-OH is 1. The molecule has 2 heterocycles. The van der Waals surface area contributed by atoms with Gasteiger partial charge >= 0.3 is 0 Å². The summed E-state index contributed by atoms with van der Waals surface area (Å²) in [5.74, 6) is 0.129. The molecule has 21 heavy (non-hydrogen) atoms. The van der Waals surface area contributed by atoms with Gasteiger partial charge in [-0.1, -0.05) is 12.1 Å². The molecular weight excluding hydrogens is 262 g/mol. The van der Waals surface area contributed by atoms with Crippen molar-refractivity contribution in [1.29, 1.82) is 0 Å². The van der Waals surface area contributed by atoms with Crippen LogP contribution in [0.3, 0.4) is 0 Å². The molecule has 1 aromatic rings. The second-order valence-corrected chi connectivity index (χ2v) is 7.78. The Morgan fingerprint density at radius 2 is 2.00 bits per heavy atom. The molecule has 3 nitrogen and oxygen atoms in total. The average molecular weight is 289 g/mol. The number of rotatable bonds is 2. The van der Waals surface area contributed by atoms with Crippen LogP contribution in [-0.2, 0) is 11.2 Å². The minimum absolute atomic E-state index is 0.129. The van der Waals surface area contributed by atoms with E-state index >= 15 is 0 Å². The van der Waals surface area contributed by atoms with Crippen LogP contribution in [0.15, 0.2) is 18.2 Å². The number of hydrogen-bond donors (Lipinski definition) is 1. The predicted octanol–water partition coefficient (Wildman–Crippen LogP) is 3.31. The highest BCUT2D eigenvalue weighted by Gasteiger charge is 2.49. The standard InChI is InChI=1S/C18H27NO2/c1-17(2)11-14(18(3,4)21-17)16(20)13-6-7-15-12(10-13)8-9-19(15)5/h6-7,10,14,16,20H,8-9,11H2,1-5H3. The van der Waals surface area contributed by atoms with E-state index in [2.05, 4.69) is 57.8 Å². The summed E-state index contributed by atoms with van der Waals surface area (Å²) in [6.07, 6.45) is 1.50. The van der Waals surface area contributed by atoms with Crippen LogP contribution in [0.4, 0.5) is 5.69 Å². The smallest absolute Gasteiger partial charge is 0.0846 e. The molecule has 1 saturated heterocycles. The second kappa shape index (κ2) is 4.72. The van der Waals surface area contributed by atoms with Crippen LogP contribution in [0.25, 0.3) is 0 Å². The number of aliphatic hydroxyl groups is 1. The van der Waals surface area contributed by atoms with Crippen molar-refractivity contribution >= 4 is 5.69 Å². The number of ether oxygens (including phenoxy) is 1. The zero-order valence-electron chi connectivity index (χ0n) is 13.8. The molecule has 2 aliphatic heterocycles. The highest BCUT2D eigenvalue weighted by molar-refractivity contribution is 5.58. The van der Waals surface area contributed by atoms with E-state index in [9.17, 15) is 5.11 Å². The maximum absolute atomic E-state index is 10.9. The zero-order chi connectivity index (χ0) is 15.4. The fraction of sp³-hybridized carbons (Fsp3) is 0.667. The van der Waals surface area contributed by atoms with Gasteiger partial charge in [-0.05, 0) is 57.7 Å². The number of anilines is 1. The Hall–Kier alpha value is -1.06. The molecule has 0 spiro atoms. The van der Waals surface area contributed by atoms with Crippen LogP contribution in [0.2, 0.25) is 0 Å². The van der Waals surface area contributed by atoms with Crippen molar-refractivity contribution in [3.63, 3.8) is 0 Å². The summed E-state index contributed by atoms with van der Waals surface area (Å²) in [6.45, 7) is 9.48. The van der Waals surface area contributed by atoms with Gasteiger partial charge in [-0.2, -0.15) is 0 Å². The molecule has 0 amide bonds. The first-order chi connectivity index (χ1) is 9.70. The number of nitrogens with zero attached hydrogens (tertiary/aromatic N) is 1. The Morgan fingerprint density at radius 1 is 1.29 bits per heavy atom. The highest BCUT2D eigenvalue weighted by atomic mass is 16.5. The molecule has 0 saturated carbocycles. The molecule has 2 atom stereocenters. The predicted molar refractivity (Wildman–Crippen MR) is 85.7 cm³/mol. The van der Waals surface area contributed by atoms with Crippen molar-refractivity contribution in [2.75, 3.05) is 18.5 Å². The van der Waals surface area contributed by atoms with Crippen molar-refractivity contribution in [2.24, 2.45) is 5.92 Å². The minimum Gasteiger partial charge on any atom is -0.388 e. The normalized spacial score (nSPS) is 27.7. The summed E-state index contributed by atoms with van der Waals surface area (Å²) in [7, 11) is 2.12. The van der Waals surface area contributed by atoms with Gasteiger partial charge in [0.2, 0.25) is 0 Å². The molecular formula is C18H27NO2. The van der Waals surface area contributed by atoms with Crippen LogP contribution in [0, 0.1) is 5.92 Å². The van der Waals surface area contributed by atoms with Gasteiger partial charge in [-0.25, -0.2) is 0 Å². The van der Waals surface area contributed by atoms with Crippen molar-refractivity contribution in [1.82, 2.24) is 0 Å². The van der Waals surface area contributed by atoms with Gasteiger partial charge in [0.1, 0.15) is 0 Å². The third kappa shape index (κ3) is 2.58. The number of likely N-dealkylation sites (N-methyl/N-ethyl adjacent to an activating group) is 1. The van der Waals surface area contributed by atoms with Gasteiger partial charge in [-0.3, -0.25) is 0 Å². The van der Waals surface area contributed by atoms with Gasteiger partial charge in [0.05, 0.1) is 17.3 Å². The molecule has 3 heteroatoms. The van der Waals surface area contributed by atoms with E-state index in [-0.39, 0.29) is 17.1 Å². The van der Waals surface area contributed by atoms with E-state index in [0.717, 1.165) is 24.9 Å². The molecule has 1 N–H and O–H groups in total. The van der Waals surface area contributed by atoms with Gasteiger partial charge < -0.3 is 14.7 Å². The Labute approximate surface area is 127 Å². The van der Waals surface area contributed by atoms with Crippen LogP contribution in [-0.4, -0.2) is 29.9 Å². The van der Waals surface area contributed by atoms with Gasteiger partial charge in [0.15, 0.2) is 0 Å².